The first-order valence-electron chi connectivity index (χ1n) is 13.9. The molecule has 0 atom stereocenters. The van der Waals surface area contributed by atoms with Gasteiger partial charge in [0.25, 0.3) is 5.56 Å². The zero-order valence-electron chi connectivity index (χ0n) is 24.2. The van der Waals surface area contributed by atoms with Gasteiger partial charge in [-0.3, -0.25) is 4.79 Å². The second-order valence-electron chi connectivity index (χ2n) is 10.3. The van der Waals surface area contributed by atoms with E-state index >= 15 is 0 Å². The maximum atomic E-state index is 13.8. The van der Waals surface area contributed by atoms with E-state index in [0.29, 0.717) is 40.0 Å². The second kappa shape index (κ2) is 13.5. The summed E-state index contributed by atoms with van der Waals surface area (Å²) in [4.78, 5) is 18.7. The van der Waals surface area contributed by atoms with Gasteiger partial charge in [-0.2, -0.15) is 9.78 Å². The van der Waals surface area contributed by atoms with Crippen LogP contribution in [0.2, 0.25) is 10.0 Å². The average molecular weight is 726 g/mol. The van der Waals surface area contributed by atoms with E-state index in [-0.39, 0.29) is 11.5 Å². The molecule has 220 valence electrons. The molecule has 0 radical (unpaired) electrons. The van der Waals surface area contributed by atoms with Crippen LogP contribution in [0.25, 0.3) is 22.3 Å². The summed E-state index contributed by atoms with van der Waals surface area (Å²) in [6.45, 7) is 9.13. The molecule has 0 bridgehead atoms. The number of aryl methyl sites for hydroxylation is 1. The van der Waals surface area contributed by atoms with E-state index in [9.17, 15) is 4.79 Å². The van der Waals surface area contributed by atoms with Gasteiger partial charge in [0.05, 0.1) is 37.3 Å². The molecule has 0 aliphatic heterocycles. The summed E-state index contributed by atoms with van der Waals surface area (Å²) in [7, 11) is 0. The lowest BCUT2D eigenvalue weighted by atomic mass is 9.96. The van der Waals surface area contributed by atoms with Gasteiger partial charge >= 0.3 is 0 Å². The molecule has 0 spiro atoms. The van der Waals surface area contributed by atoms with Gasteiger partial charge in [-0.25, -0.2) is 4.98 Å². The Hall–Kier alpha value is -3.40. The lowest BCUT2D eigenvalue weighted by molar-refractivity contribution is 0.304. The van der Waals surface area contributed by atoms with Crippen molar-refractivity contribution in [2.45, 2.75) is 40.2 Å². The highest BCUT2D eigenvalue weighted by Crippen LogP contribution is 2.34. The van der Waals surface area contributed by atoms with Crippen molar-refractivity contribution < 1.29 is 9.47 Å². The van der Waals surface area contributed by atoms with Gasteiger partial charge in [-0.05, 0) is 119 Å². The number of para-hydroxylation sites is 1. The van der Waals surface area contributed by atoms with E-state index in [4.69, 9.17) is 37.7 Å². The Kier molecular flexibility index (Phi) is 9.74. The zero-order chi connectivity index (χ0) is 30.7. The van der Waals surface area contributed by atoms with E-state index < -0.39 is 0 Å². The molecular weight excluding hydrogens is 696 g/mol. The normalized spacial score (nSPS) is 11.5. The quantitative estimate of drug-likeness (QED) is 0.112. The van der Waals surface area contributed by atoms with Crippen molar-refractivity contribution in [3.05, 3.63) is 119 Å². The Bertz CT molecular complexity index is 1900. The van der Waals surface area contributed by atoms with Crippen molar-refractivity contribution in [3.63, 3.8) is 0 Å². The van der Waals surface area contributed by atoms with Crippen LogP contribution in [0, 0.1) is 10.5 Å². The van der Waals surface area contributed by atoms with Crippen molar-refractivity contribution >= 4 is 62.9 Å². The first kappa shape index (κ1) is 31.0. The molecule has 0 unspecified atom stereocenters. The molecule has 43 heavy (non-hydrogen) atoms. The van der Waals surface area contributed by atoms with Gasteiger partial charge in [-0.15, -0.1) is 0 Å². The third-order valence-corrected chi connectivity index (χ3v) is 8.51. The Morgan fingerprint density at radius 1 is 0.977 bits per heavy atom. The average Bonchev–Trinajstić information content (AvgIpc) is 2.98. The van der Waals surface area contributed by atoms with E-state index in [2.05, 4.69) is 47.6 Å². The number of halogens is 3. The van der Waals surface area contributed by atoms with Crippen LogP contribution in [-0.4, -0.2) is 22.5 Å². The maximum Gasteiger partial charge on any atom is 0.282 e. The van der Waals surface area contributed by atoms with Crippen LogP contribution in [0.15, 0.2) is 82.7 Å². The Labute approximate surface area is 274 Å². The smallest absolute Gasteiger partial charge is 0.282 e. The summed E-state index contributed by atoms with van der Waals surface area (Å²) in [6, 6.07) is 22.6. The van der Waals surface area contributed by atoms with Crippen molar-refractivity contribution in [2.24, 2.45) is 5.10 Å². The standard InChI is InChI=1S/C34H30Cl2IN3O3/c1-5-42-32-14-21(4)26(17-25(32)20(2)3)33-39-30-9-7-6-8-24(30)34(41)40(33)38-18-22-11-13-31(29(37)16-22)43-19-23-10-12-27(35)28(36)15-23/h6-18,20H,5,19H2,1-4H3. The SMILES string of the molecule is CCOc1cc(C)c(-c2nc3ccccc3c(=O)n2N=Cc2ccc(OCc3ccc(Cl)c(Cl)c3)c(I)c2)cc1C(C)C. The topological polar surface area (TPSA) is 65.7 Å². The monoisotopic (exact) mass is 725 g/mol. The van der Waals surface area contributed by atoms with Crippen molar-refractivity contribution in [2.75, 3.05) is 6.61 Å². The van der Waals surface area contributed by atoms with Crippen molar-refractivity contribution in [1.82, 2.24) is 9.66 Å². The van der Waals surface area contributed by atoms with Crippen LogP contribution < -0.4 is 15.0 Å². The van der Waals surface area contributed by atoms with Gasteiger partial charge in [0.1, 0.15) is 18.1 Å². The van der Waals surface area contributed by atoms with Crippen molar-refractivity contribution in [3.8, 4) is 22.9 Å². The summed E-state index contributed by atoms with van der Waals surface area (Å²) in [5.41, 5.74) is 4.91. The Morgan fingerprint density at radius 2 is 1.77 bits per heavy atom. The molecule has 9 heteroatoms. The van der Waals surface area contributed by atoms with Crippen LogP contribution in [0.4, 0.5) is 0 Å². The number of aromatic nitrogens is 2. The highest BCUT2D eigenvalue weighted by Gasteiger charge is 2.18. The molecule has 1 heterocycles. The van der Waals surface area contributed by atoms with Crippen LogP contribution >= 0.6 is 45.8 Å². The summed E-state index contributed by atoms with van der Waals surface area (Å²) >= 11 is 14.4. The van der Waals surface area contributed by atoms with Crippen LogP contribution in [0.3, 0.4) is 0 Å². The summed E-state index contributed by atoms with van der Waals surface area (Å²) in [6.07, 6.45) is 1.67. The third-order valence-electron chi connectivity index (χ3n) is 6.93. The molecule has 0 amide bonds. The van der Waals surface area contributed by atoms with Gasteiger partial charge in [-0.1, -0.05) is 55.2 Å². The fraction of sp³-hybridized carbons (Fsp3) is 0.206. The first-order chi connectivity index (χ1) is 20.7. The number of nitrogens with zero attached hydrogens (tertiary/aromatic N) is 3. The molecule has 0 N–H and O–H groups in total. The molecule has 0 saturated carbocycles. The predicted octanol–water partition coefficient (Wildman–Crippen LogP) is 9.27. The number of ether oxygens (including phenoxy) is 2. The maximum absolute atomic E-state index is 13.8. The van der Waals surface area contributed by atoms with E-state index in [1.807, 2.05) is 62.4 Å². The molecule has 1 aromatic heterocycles. The van der Waals surface area contributed by atoms with E-state index in [1.165, 1.54) is 4.68 Å². The summed E-state index contributed by atoms with van der Waals surface area (Å²) in [5.74, 6) is 2.25. The molecule has 5 rings (SSSR count). The highest BCUT2D eigenvalue weighted by atomic mass is 127. The van der Waals surface area contributed by atoms with E-state index in [1.54, 1.807) is 24.4 Å². The van der Waals surface area contributed by atoms with Gasteiger partial charge in [0, 0.05) is 5.56 Å². The molecule has 0 aliphatic carbocycles. The molecule has 4 aromatic carbocycles. The molecule has 5 aromatic rings. The summed E-state index contributed by atoms with van der Waals surface area (Å²) in [5, 5.41) is 6.16. The zero-order valence-corrected chi connectivity index (χ0v) is 27.9. The predicted molar refractivity (Wildman–Crippen MR) is 184 cm³/mol. The molecular formula is C34H30Cl2IN3O3. The molecule has 0 fully saturated rings. The lowest BCUT2D eigenvalue weighted by Crippen LogP contribution is -2.21. The van der Waals surface area contributed by atoms with E-state index in [0.717, 1.165) is 42.9 Å². The second-order valence-corrected chi connectivity index (χ2v) is 12.3. The van der Waals surface area contributed by atoms with Crippen LogP contribution in [0.5, 0.6) is 11.5 Å². The van der Waals surface area contributed by atoms with Gasteiger partial charge < -0.3 is 9.47 Å². The van der Waals surface area contributed by atoms with Gasteiger partial charge in [0.15, 0.2) is 5.82 Å². The minimum absolute atomic E-state index is 0.213. The lowest BCUT2D eigenvalue weighted by Gasteiger charge is -2.18. The Morgan fingerprint density at radius 3 is 2.49 bits per heavy atom. The highest BCUT2D eigenvalue weighted by molar-refractivity contribution is 14.1. The fourth-order valence-corrected chi connectivity index (χ4v) is 5.72. The fourth-order valence-electron chi connectivity index (χ4n) is 4.71. The molecule has 6 nitrogen and oxygen atoms in total. The number of hydrogen-bond donors (Lipinski definition) is 0. The number of benzene rings is 4. The minimum atomic E-state index is -0.243. The largest absolute Gasteiger partial charge is 0.494 e. The minimum Gasteiger partial charge on any atom is -0.494 e. The first-order valence-corrected chi connectivity index (χ1v) is 15.7. The summed E-state index contributed by atoms with van der Waals surface area (Å²) < 4.78 is 14.2. The Balaban J connectivity index is 1.52. The molecule has 0 aliphatic rings. The third kappa shape index (κ3) is 6.89. The number of hydrogen-bond acceptors (Lipinski definition) is 5. The van der Waals surface area contributed by atoms with Crippen LogP contribution in [-0.2, 0) is 6.61 Å². The number of rotatable bonds is 9. The number of fused-ring (bicyclic) bond motifs is 1. The van der Waals surface area contributed by atoms with Crippen LogP contribution in [0.1, 0.15) is 48.9 Å². The van der Waals surface area contributed by atoms with Gasteiger partial charge in [0.2, 0.25) is 0 Å². The molecule has 0 saturated heterocycles. The van der Waals surface area contributed by atoms with Crippen molar-refractivity contribution in [1.29, 1.82) is 0 Å².